The average Bonchev–Trinajstić information content (AvgIpc) is 3.17. The van der Waals surface area contributed by atoms with Gasteiger partial charge in [0.15, 0.2) is 5.96 Å². The van der Waals surface area contributed by atoms with Gasteiger partial charge in [-0.25, -0.2) is 0 Å². The quantitative estimate of drug-likeness (QED) is 0.332. The van der Waals surface area contributed by atoms with Gasteiger partial charge in [-0.05, 0) is 25.0 Å². The third-order valence-electron chi connectivity index (χ3n) is 4.45. The fourth-order valence-electron chi connectivity index (χ4n) is 3.04. The number of benzene rings is 1. The highest BCUT2D eigenvalue weighted by Crippen LogP contribution is 2.18. The molecule has 1 aliphatic rings. The summed E-state index contributed by atoms with van der Waals surface area (Å²) in [6.45, 7) is 1.83. The highest BCUT2D eigenvalue weighted by atomic mass is 16.5. The Kier molecular flexibility index (Phi) is 9.48. The first-order valence-corrected chi connectivity index (χ1v) is 9.70. The maximum Gasteiger partial charge on any atom is 0.221 e. The summed E-state index contributed by atoms with van der Waals surface area (Å²) in [7, 11) is 3.39. The van der Waals surface area contributed by atoms with Crippen molar-refractivity contribution in [1.82, 2.24) is 10.6 Å². The number of guanidine groups is 1. The molecule has 1 aliphatic carbocycles. The molecular formula is C20H32N4O3. The van der Waals surface area contributed by atoms with Crippen LogP contribution in [0.2, 0.25) is 0 Å². The molecule has 0 unspecified atom stereocenters. The Labute approximate surface area is 161 Å². The highest BCUT2D eigenvalue weighted by molar-refractivity contribution is 5.93. The number of carbonyl (C=O) groups excluding carboxylic acids is 1. The van der Waals surface area contributed by atoms with Crippen molar-refractivity contribution in [1.29, 1.82) is 0 Å². The first kappa shape index (κ1) is 21.0. The molecule has 1 aromatic rings. The number of nitrogens with one attached hydrogen (secondary N) is 3. The summed E-state index contributed by atoms with van der Waals surface area (Å²) < 4.78 is 10.7. The van der Waals surface area contributed by atoms with Crippen molar-refractivity contribution >= 4 is 17.6 Å². The summed E-state index contributed by atoms with van der Waals surface area (Å²) in [6, 6.07) is 8.08. The molecule has 7 nitrogen and oxygen atoms in total. The summed E-state index contributed by atoms with van der Waals surface area (Å²) in [5.74, 6) is 1.51. The van der Waals surface area contributed by atoms with Crippen molar-refractivity contribution in [2.75, 3.05) is 39.2 Å². The van der Waals surface area contributed by atoms with E-state index in [0.29, 0.717) is 38.2 Å². The fourth-order valence-corrected chi connectivity index (χ4v) is 3.04. The maximum atomic E-state index is 12.0. The standard InChI is InChI=1S/C20H32N4O3/c1-21-20(22-12-11-19(25)23-16-7-3-4-8-16)24-17-9-5-10-18(15-17)27-14-6-13-26-2/h5,9-10,15-16H,3-4,6-8,11-14H2,1-2H3,(H,23,25)(H2,21,22,24). The van der Waals surface area contributed by atoms with Gasteiger partial charge in [0.05, 0.1) is 6.61 Å². The minimum absolute atomic E-state index is 0.0938. The van der Waals surface area contributed by atoms with E-state index in [1.165, 1.54) is 12.8 Å². The smallest absolute Gasteiger partial charge is 0.221 e. The van der Waals surface area contributed by atoms with Crippen molar-refractivity contribution in [3.05, 3.63) is 24.3 Å². The maximum absolute atomic E-state index is 12.0. The zero-order valence-corrected chi connectivity index (χ0v) is 16.4. The number of anilines is 1. The molecule has 0 atom stereocenters. The molecule has 0 saturated heterocycles. The van der Waals surface area contributed by atoms with Crippen molar-refractivity contribution < 1.29 is 14.3 Å². The van der Waals surface area contributed by atoms with E-state index in [0.717, 1.165) is 30.7 Å². The van der Waals surface area contributed by atoms with E-state index in [1.807, 2.05) is 24.3 Å². The lowest BCUT2D eigenvalue weighted by Gasteiger charge is -2.14. The van der Waals surface area contributed by atoms with E-state index in [1.54, 1.807) is 14.2 Å². The number of ether oxygens (including phenoxy) is 2. The largest absolute Gasteiger partial charge is 0.493 e. The molecule has 1 aromatic carbocycles. The van der Waals surface area contributed by atoms with Crippen LogP contribution in [0.15, 0.2) is 29.3 Å². The Bertz CT molecular complexity index is 601. The zero-order valence-electron chi connectivity index (χ0n) is 16.4. The molecule has 1 amide bonds. The first-order valence-electron chi connectivity index (χ1n) is 9.70. The highest BCUT2D eigenvalue weighted by Gasteiger charge is 2.16. The second-order valence-corrected chi connectivity index (χ2v) is 6.65. The van der Waals surface area contributed by atoms with Crippen LogP contribution < -0.4 is 20.7 Å². The van der Waals surface area contributed by atoms with Crippen LogP contribution in [0.25, 0.3) is 0 Å². The third kappa shape index (κ3) is 8.30. The van der Waals surface area contributed by atoms with E-state index in [2.05, 4.69) is 20.9 Å². The van der Waals surface area contributed by atoms with Gasteiger partial charge in [-0.3, -0.25) is 9.79 Å². The lowest BCUT2D eigenvalue weighted by atomic mass is 10.2. The van der Waals surface area contributed by atoms with Crippen molar-refractivity contribution in [2.24, 2.45) is 4.99 Å². The molecule has 27 heavy (non-hydrogen) atoms. The second-order valence-electron chi connectivity index (χ2n) is 6.65. The summed E-state index contributed by atoms with van der Waals surface area (Å²) in [5, 5.41) is 9.49. The molecule has 0 aromatic heterocycles. The minimum atomic E-state index is 0.0938. The number of rotatable bonds is 10. The van der Waals surface area contributed by atoms with E-state index in [9.17, 15) is 4.79 Å². The molecule has 0 bridgehead atoms. The van der Waals surface area contributed by atoms with Gasteiger partial charge >= 0.3 is 0 Å². The molecule has 150 valence electrons. The Hall–Kier alpha value is -2.28. The Morgan fingerprint density at radius 2 is 2.07 bits per heavy atom. The molecule has 0 radical (unpaired) electrons. The number of nitrogens with zero attached hydrogens (tertiary/aromatic N) is 1. The van der Waals surface area contributed by atoms with Gasteiger partial charge in [-0.2, -0.15) is 0 Å². The van der Waals surface area contributed by atoms with Crippen LogP contribution in [-0.4, -0.2) is 51.8 Å². The molecule has 2 rings (SSSR count). The molecule has 0 heterocycles. The third-order valence-corrected chi connectivity index (χ3v) is 4.45. The fraction of sp³-hybridized carbons (Fsp3) is 0.600. The van der Waals surface area contributed by atoms with E-state index in [-0.39, 0.29) is 5.91 Å². The summed E-state index contributed by atoms with van der Waals surface area (Å²) in [5.41, 5.74) is 0.878. The topological polar surface area (TPSA) is 84.0 Å². The van der Waals surface area contributed by atoms with Crippen LogP contribution in [0.1, 0.15) is 38.5 Å². The number of hydrogen-bond donors (Lipinski definition) is 3. The minimum Gasteiger partial charge on any atom is -0.493 e. The van der Waals surface area contributed by atoms with E-state index < -0.39 is 0 Å². The second kappa shape index (κ2) is 12.2. The van der Waals surface area contributed by atoms with Crippen LogP contribution in [-0.2, 0) is 9.53 Å². The van der Waals surface area contributed by atoms with Crippen LogP contribution in [0.3, 0.4) is 0 Å². The van der Waals surface area contributed by atoms with Gasteiger partial charge < -0.3 is 25.4 Å². The van der Waals surface area contributed by atoms with Gasteiger partial charge in [0.1, 0.15) is 5.75 Å². The van der Waals surface area contributed by atoms with E-state index >= 15 is 0 Å². The molecule has 0 spiro atoms. The SMILES string of the molecule is CN=C(NCCC(=O)NC1CCCC1)Nc1cccc(OCCCOC)c1. The van der Waals surface area contributed by atoms with Crippen LogP contribution in [0.4, 0.5) is 5.69 Å². The monoisotopic (exact) mass is 376 g/mol. The summed E-state index contributed by atoms with van der Waals surface area (Å²) in [4.78, 5) is 16.2. The summed E-state index contributed by atoms with van der Waals surface area (Å²) in [6.07, 6.45) is 5.92. The molecule has 1 saturated carbocycles. The van der Waals surface area contributed by atoms with Gasteiger partial charge in [0, 0.05) is 57.9 Å². The molecular weight excluding hydrogens is 344 g/mol. The molecule has 1 fully saturated rings. The van der Waals surface area contributed by atoms with Gasteiger partial charge in [0.2, 0.25) is 5.91 Å². The normalized spacial score (nSPS) is 14.8. The van der Waals surface area contributed by atoms with Crippen molar-refractivity contribution in [2.45, 2.75) is 44.6 Å². The Balaban J connectivity index is 1.71. The Morgan fingerprint density at radius 3 is 2.81 bits per heavy atom. The zero-order chi connectivity index (χ0) is 19.3. The number of hydrogen-bond acceptors (Lipinski definition) is 4. The molecule has 3 N–H and O–H groups in total. The van der Waals surface area contributed by atoms with Crippen molar-refractivity contribution in [3.8, 4) is 5.75 Å². The number of aliphatic imine (C=N–C) groups is 1. The van der Waals surface area contributed by atoms with E-state index in [4.69, 9.17) is 9.47 Å². The van der Waals surface area contributed by atoms with Crippen LogP contribution in [0.5, 0.6) is 5.75 Å². The predicted molar refractivity (Wildman–Crippen MR) is 108 cm³/mol. The van der Waals surface area contributed by atoms with Gasteiger partial charge in [0.25, 0.3) is 0 Å². The first-order chi connectivity index (χ1) is 13.2. The number of amides is 1. The molecule has 7 heteroatoms. The van der Waals surface area contributed by atoms with Gasteiger partial charge in [-0.15, -0.1) is 0 Å². The van der Waals surface area contributed by atoms with Gasteiger partial charge in [-0.1, -0.05) is 18.9 Å². The summed E-state index contributed by atoms with van der Waals surface area (Å²) >= 11 is 0. The number of methoxy groups -OCH3 is 1. The van der Waals surface area contributed by atoms with Crippen LogP contribution >= 0.6 is 0 Å². The number of carbonyl (C=O) groups is 1. The average molecular weight is 377 g/mol. The van der Waals surface area contributed by atoms with Crippen molar-refractivity contribution in [3.63, 3.8) is 0 Å². The molecule has 0 aliphatic heterocycles. The van der Waals surface area contributed by atoms with Crippen LogP contribution in [0, 0.1) is 0 Å². The Morgan fingerprint density at radius 1 is 1.26 bits per heavy atom. The predicted octanol–water partition coefficient (Wildman–Crippen LogP) is 2.54. The lowest BCUT2D eigenvalue weighted by molar-refractivity contribution is -0.121. The lowest BCUT2D eigenvalue weighted by Crippen LogP contribution is -2.37.